The number of amides is 2. The van der Waals surface area contributed by atoms with Crippen molar-refractivity contribution in [2.24, 2.45) is 0 Å². The molecule has 3 heterocycles. The van der Waals surface area contributed by atoms with Gasteiger partial charge in [0, 0.05) is 45.2 Å². The van der Waals surface area contributed by atoms with Gasteiger partial charge in [0.05, 0.1) is 11.7 Å². The van der Waals surface area contributed by atoms with E-state index in [0.717, 1.165) is 38.9 Å². The summed E-state index contributed by atoms with van der Waals surface area (Å²) in [6.45, 7) is 5.97. The third-order valence-electron chi connectivity index (χ3n) is 5.44. The summed E-state index contributed by atoms with van der Waals surface area (Å²) < 4.78 is 38.2. The molecule has 7 nitrogen and oxygen atoms in total. The van der Waals surface area contributed by atoms with Crippen LogP contribution in [0.25, 0.3) is 0 Å². The van der Waals surface area contributed by atoms with Gasteiger partial charge in [-0.3, -0.25) is 4.90 Å². The predicted octanol–water partition coefficient (Wildman–Crippen LogP) is 3.47. The number of thiophene rings is 1. The Bertz CT molecular complexity index is 756. The topological polar surface area (TPSA) is 82.1 Å². The lowest BCUT2D eigenvalue weighted by Crippen LogP contribution is -2.48. The summed E-state index contributed by atoms with van der Waals surface area (Å²) in [5, 5.41) is 12.3. The van der Waals surface area contributed by atoms with Crippen LogP contribution in [0.15, 0.2) is 11.4 Å². The molecule has 2 atom stereocenters. The molecule has 0 radical (unpaired) electrons. The highest BCUT2D eigenvalue weighted by atomic mass is 32.1. The number of rotatable bonds is 4. The Hall–Kier alpha value is -1.85. The van der Waals surface area contributed by atoms with Crippen LogP contribution in [0.4, 0.5) is 18.0 Å². The Kier molecular flexibility index (Phi) is 8.73. The molecule has 31 heavy (non-hydrogen) atoms. The number of urea groups is 1. The Morgan fingerprint density at radius 1 is 1.39 bits per heavy atom. The van der Waals surface area contributed by atoms with E-state index in [2.05, 4.69) is 28.6 Å². The molecule has 2 saturated heterocycles. The Labute approximate surface area is 184 Å². The van der Waals surface area contributed by atoms with Crippen LogP contribution >= 0.6 is 11.3 Å². The van der Waals surface area contributed by atoms with Gasteiger partial charge in [-0.15, -0.1) is 11.3 Å². The quantitative estimate of drug-likeness (QED) is 0.712. The molecule has 0 bridgehead atoms. The molecular formula is C20H30F3N3O4S. The van der Waals surface area contributed by atoms with Gasteiger partial charge >= 0.3 is 18.2 Å². The Morgan fingerprint density at radius 2 is 2.06 bits per heavy atom. The third-order valence-corrected chi connectivity index (χ3v) is 6.44. The molecule has 0 unspecified atom stereocenters. The van der Waals surface area contributed by atoms with Crippen LogP contribution in [0.3, 0.4) is 0 Å². The Balaban J connectivity index is 0.000000423. The van der Waals surface area contributed by atoms with Gasteiger partial charge in [0.15, 0.2) is 0 Å². The number of nitrogens with zero attached hydrogens (tertiary/aromatic N) is 2. The first-order chi connectivity index (χ1) is 14.4. The summed E-state index contributed by atoms with van der Waals surface area (Å²) in [7, 11) is 3.53. The van der Waals surface area contributed by atoms with Crippen molar-refractivity contribution >= 4 is 23.3 Å². The summed E-state index contributed by atoms with van der Waals surface area (Å²) in [5.41, 5.74) is 1.39. The van der Waals surface area contributed by atoms with E-state index in [1.54, 1.807) is 19.0 Å². The number of carbonyl (C=O) groups is 2. The number of halogens is 3. The van der Waals surface area contributed by atoms with E-state index in [4.69, 9.17) is 14.6 Å². The summed E-state index contributed by atoms with van der Waals surface area (Å²) in [6, 6.07) is 2.16. The standard InChI is InChI=1S/C18H29N3O2S.C2HF3O2/c1-14-6-10-24-16(14)12-21-9-8-18(13-21)7-4-5-15(23-18)11-19-17(22)20(2)3;3-2(4,5)1(6)7/h6,10,15H,4-5,7-9,11-13H2,1-3H3,(H,19,22);(H,6,7)/t15-,18+;/m0./s1. The van der Waals surface area contributed by atoms with E-state index >= 15 is 0 Å². The van der Waals surface area contributed by atoms with E-state index in [-0.39, 0.29) is 17.7 Å². The van der Waals surface area contributed by atoms with Gasteiger partial charge in [-0.2, -0.15) is 13.2 Å². The van der Waals surface area contributed by atoms with Crippen LogP contribution in [0, 0.1) is 6.92 Å². The number of hydrogen-bond donors (Lipinski definition) is 2. The van der Waals surface area contributed by atoms with Gasteiger partial charge < -0.3 is 20.1 Å². The molecule has 1 aromatic heterocycles. The van der Waals surface area contributed by atoms with Gasteiger partial charge in [0.25, 0.3) is 0 Å². The number of likely N-dealkylation sites (tertiary alicyclic amines) is 1. The van der Waals surface area contributed by atoms with Gasteiger partial charge in [-0.1, -0.05) is 0 Å². The summed E-state index contributed by atoms with van der Waals surface area (Å²) in [4.78, 5) is 26.2. The zero-order chi connectivity index (χ0) is 23.2. The zero-order valence-corrected chi connectivity index (χ0v) is 18.8. The SMILES string of the molecule is Cc1ccsc1CN1CC[C@]2(CCC[C@@H](CNC(=O)N(C)C)O2)C1.O=C(O)C(F)(F)F. The van der Waals surface area contributed by atoms with Crippen molar-refractivity contribution in [2.75, 3.05) is 33.7 Å². The molecule has 2 aliphatic heterocycles. The first-order valence-electron chi connectivity index (χ1n) is 10.1. The van der Waals surface area contributed by atoms with Gasteiger partial charge in [0.1, 0.15) is 0 Å². The largest absolute Gasteiger partial charge is 0.490 e. The molecular weight excluding hydrogens is 435 g/mol. The number of aliphatic carboxylic acids is 1. The molecule has 2 N–H and O–H groups in total. The average molecular weight is 466 g/mol. The summed E-state index contributed by atoms with van der Waals surface area (Å²) >= 11 is 1.85. The molecule has 3 rings (SSSR count). The number of hydrogen-bond acceptors (Lipinski definition) is 5. The second kappa shape index (κ2) is 10.6. The van der Waals surface area contributed by atoms with Crippen LogP contribution in [-0.2, 0) is 16.1 Å². The highest BCUT2D eigenvalue weighted by molar-refractivity contribution is 7.10. The summed E-state index contributed by atoms with van der Waals surface area (Å²) in [5.74, 6) is -2.76. The van der Waals surface area contributed by atoms with Gasteiger partial charge in [-0.25, -0.2) is 9.59 Å². The fraction of sp³-hybridized carbons (Fsp3) is 0.700. The molecule has 2 amide bonds. The van der Waals surface area contributed by atoms with Crippen LogP contribution in [0.1, 0.15) is 36.1 Å². The van der Waals surface area contributed by atoms with Crippen LogP contribution in [-0.4, -0.2) is 78.5 Å². The second-order valence-corrected chi connectivity index (χ2v) is 9.19. The van der Waals surface area contributed by atoms with Crippen molar-refractivity contribution in [3.63, 3.8) is 0 Å². The van der Waals surface area contributed by atoms with Crippen LogP contribution in [0.2, 0.25) is 0 Å². The minimum atomic E-state index is -5.08. The fourth-order valence-corrected chi connectivity index (χ4v) is 4.71. The third kappa shape index (κ3) is 7.65. The lowest BCUT2D eigenvalue weighted by Gasteiger charge is -2.39. The minimum absolute atomic E-state index is 0.00305. The van der Waals surface area contributed by atoms with E-state index in [9.17, 15) is 18.0 Å². The maximum absolute atomic E-state index is 11.7. The van der Waals surface area contributed by atoms with E-state index in [1.807, 2.05) is 11.3 Å². The normalized spacial score (nSPS) is 23.9. The van der Waals surface area contributed by atoms with Gasteiger partial charge in [0.2, 0.25) is 0 Å². The maximum atomic E-state index is 11.7. The molecule has 1 aromatic rings. The van der Waals surface area contributed by atoms with Crippen LogP contribution < -0.4 is 5.32 Å². The van der Waals surface area contributed by atoms with E-state index < -0.39 is 12.1 Å². The number of alkyl halides is 3. The van der Waals surface area contributed by atoms with Crippen molar-refractivity contribution in [2.45, 2.75) is 57.0 Å². The first kappa shape index (κ1) is 25.4. The molecule has 11 heteroatoms. The average Bonchev–Trinajstić information content (AvgIpc) is 3.26. The molecule has 176 valence electrons. The second-order valence-electron chi connectivity index (χ2n) is 8.19. The lowest BCUT2D eigenvalue weighted by atomic mass is 9.90. The Morgan fingerprint density at radius 3 is 2.61 bits per heavy atom. The van der Waals surface area contributed by atoms with E-state index in [1.165, 1.54) is 16.9 Å². The van der Waals surface area contributed by atoms with Crippen molar-refractivity contribution < 1.29 is 32.6 Å². The lowest BCUT2D eigenvalue weighted by molar-refractivity contribution is -0.192. The number of aryl methyl sites for hydroxylation is 1. The number of ether oxygens (including phenoxy) is 1. The molecule has 1 spiro atoms. The van der Waals surface area contributed by atoms with Crippen LogP contribution in [0.5, 0.6) is 0 Å². The minimum Gasteiger partial charge on any atom is -0.475 e. The highest BCUT2D eigenvalue weighted by Gasteiger charge is 2.43. The molecule has 0 aliphatic carbocycles. The predicted molar refractivity (Wildman–Crippen MR) is 111 cm³/mol. The number of carboxylic acid groups (broad SMARTS) is 1. The number of carboxylic acids is 1. The van der Waals surface area contributed by atoms with Crippen molar-refractivity contribution in [3.8, 4) is 0 Å². The van der Waals surface area contributed by atoms with Crippen molar-refractivity contribution in [1.29, 1.82) is 0 Å². The highest BCUT2D eigenvalue weighted by Crippen LogP contribution is 2.37. The zero-order valence-electron chi connectivity index (χ0n) is 18.0. The molecule has 2 aliphatic rings. The fourth-order valence-electron chi connectivity index (χ4n) is 3.76. The molecule has 2 fully saturated rings. The smallest absolute Gasteiger partial charge is 0.475 e. The number of carbonyl (C=O) groups excluding carboxylic acids is 1. The molecule has 0 aromatic carbocycles. The first-order valence-corrected chi connectivity index (χ1v) is 11.0. The molecule has 0 saturated carbocycles. The maximum Gasteiger partial charge on any atom is 0.490 e. The van der Waals surface area contributed by atoms with Crippen molar-refractivity contribution in [3.05, 3.63) is 21.9 Å². The van der Waals surface area contributed by atoms with E-state index in [0.29, 0.717) is 6.54 Å². The van der Waals surface area contributed by atoms with Crippen molar-refractivity contribution in [1.82, 2.24) is 15.1 Å². The monoisotopic (exact) mass is 465 g/mol. The summed E-state index contributed by atoms with van der Waals surface area (Å²) in [6.07, 6.45) is -0.458. The van der Waals surface area contributed by atoms with Gasteiger partial charge in [-0.05, 0) is 49.6 Å². The number of nitrogens with one attached hydrogen (secondary N) is 1.